The van der Waals surface area contributed by atoms with Crippen LogP contribution in [0.2, 0.25) is 19.6 Å². The predicted octanol–water partition coefficient (Wildman–Crippen LogP) is 0.817. The van der Waals surface area contributed by atoms with Gasteiger partial charge in [0.25, 0.3) is 0 Å². The second-order valence-electron chi connectivity index (χ2n) is 4.45. The van der Waals surface area contributed by atoms with Gasteiger partial charge in [-0.05, 0) is 0 Å². The third kappa shape index (κ3) is 18.9. The molecule has 0 saturated heterocycles. The van der Waals surface area contributed by atoms with Crippen molar-refractivity contribution in [1.29, 1.82) is 0 Å². The Kier molecular flexibility index (Phi) is 18.1. The molecular formula is C11H23BrMgSi. The molecule has 0 amide bonds. The molecule has 3 heteroatoms. The van der Waals surface area contributed by atoms with Crippen LogP contribution in [-0.2, 0) is 0 Å². The molecule has 0 nitrogen and oxygen atoms in total. The largest absolute Gasteiger partial charge is 2.00 e. The van der Waals surface area contributed by atoms with E-state index in [9.17, 15) is 0 Å². The van der Waals surface area contributed by atoms with Crippen molar-refractivity contribution in [2.45, 2.75) is 58.7 Å². The van der Waals surface area contributed by atoms with Gasteiger partial charge in [-0.1, -0.05) is 58.7 Å². The Hall–Kier alpha value is 1.20. The second kappa shape index (κ2) is 12.3. The Morgan fingerprint density at radius 3 is 2.07 bits per heavy atom. The number of hydrogen-bond donors (Lipinski definition) is 0. The molecule has 80 valence electrons. The Balaban J connectivity index is -0.000000605. The Morgan fingerprint density at radius 1 is 1.07 bits per heavy atom. The van der Waals surface area contributed by atoms with Crippen LogP contribution in [0.3, 0.4) is 0 Å². The first-order valence-electron chi connectivity index (χ1n) is 5.15. The van der Waals surface area contributed by atoms with Crippen molar-refractivity contribution in [2.75, 3.05) is 0 Å². The van der Waals surface area contributed by atoms with Crippen LogP contribution < -0.4 is 17.0 Å². The van der Waals surface area contributed by atoms with E-state index in [4.69, 9.17) is 0 Å². The Bertz CT molecular complexity index is 130. The number of unbranched alkanes of at least 4 members (excludes halogenated alkanes) is 4. The summed E-state index contributed by atoms with van der Waals surface area (Å²) < 4.78 is 0. The summed E-state index contributed by atoms with van der Waals surface area (Å²) in [6, 6.07) is 0. The zero-order chi connectivity index (χ0) is 9.45. The van der Waals surface area contributed by atoms with Gasteiger partial charge in [-0.25, -0.2) is 0 Å². The van der Waals surface area contributed by atoms with Gasteiger partial charge in [0.05, 0.1) is 0 Å². The predicted molar refractivity (Wildman–Crippen MR) is 65.7 cm³/mol. The zero-order valence-corrected chi connectivity index (χ0v) is 14.2. The molecule has 0 saturated carbocycles. The van der Waals surface area contributed by atoms with Crippen LogP contribution >= 0.6 is 0 Å². The van der Waals surface area contributed by atoms with Gasteiger partial charge in [0.2, 0.25) is 0 Å². The molecule has 0 aliphatic carbocycles. The van der Waals surface area contributed by atoms with E-state index in [1.54, 1.807) is 0 Å². The first kappa shape index (κ1) is 20.6. The molecule has 0 aromatic rings. The fraction of sp³-hybridized carbons (Fsp3) is 0.818. The summed E-state index contributed by atoms with van der Waals surface area (Å²) in [5.74, 6) is 0. The summed E-state index contributed by atoms with van der Waals surface area (Å²) in [6.07, 6.45) is 8.97. The normalized spacial score (nSPS) is 10.9. The van der Waals surface area contributed by atoms with Crippen molar-refractivity contribution >= 4 is 31.1 Å². The van der Waals surface area contributed by atoms with E-state index in [-0.39, 0.29) is 40.0 Å². The van der Waals surface area contributed by atoms with Crippen LogP contribution in [0, 0.1) is 5.70 Å². The molecule has 0 fully saturated rings. The molecule has 0 spiro atoms. The van der Waals surface area contributed by atoms with E-state index in [2.05, 4.69) is 38.3 Å². The monoisotopic (exact) mass is 286 g/mol. The van der Waals surface area contributed by atoms with Crippen molar-refractivity contribution in [3.63, 3.8) is 0 Å². The van der Waals surface area contributed by atoms with Gasteiger partial charge in [-0.15, -0.1) is 8.07 Å². The molecule has 0 radical (unpaired) electrons. The van der Waals surface area contributed by atoms with Crippen LogP contribution in [0.4, 0.5) is 0 Å². The van der Waals surface area contributed by atoms with Gasteiger partial charge in [-0.3, -0.25) is 6.08 Å². The Morgan fingerprint density at radius 2 is 1.64 bits per heavy atom. The van der Waals surface area contributed by atoms with Gasteiger partial charge in [-0.2, -0.15) is 0 Å². The number of halogens is 1. The van der Waals surface area contributed by atoms with E-state index < -0.39 is 8.07 Å². The van der Waals surface area contributed by atoms with E-state index in [0.717, 1.165) is 0 Å². The minimum atomic E-state index is -1.03. The van der Waals surface area contributed by atoms with Crippen molar-refractivity contribution in [3.8, 4) is 0 Å². The maximum atomic E-state index is 3.51. The summed E-state index contributed by atoms with van der Waals surface area (Å²) in [7, 11) is -1.03. The van der Waals surface area contributed by atoms with Gasteiger partial charge < -0.3 is 22.7 Å². The molecule has 0 atom stereocenters. The molecule has 0 unspecified atom stereocenters. The smallest absolute Gasteiger partial charge is 1.00 e. The number of allylic oxidation sites excluding steroid dienone is 1. The quantitative estimate of drug-likeness (QED) is 0.385. The zero-order valence-electron chi connectivity index (χ0n) is 10.2. The van der Waals surface area contributed by atoms with Crippen LogP contribution in [0.5, 0.6) is 0 Å². The van der Waals surface area contributed by atoms with E-state index in [1.807, 2.05) is 0 Å². The van der Waals surface area contributed by atoms with Crippen molar-refractivity contribution < 1.29 is 17.0 Å². The molecule has 0 heterocycles. The van der Waals surface area contributed by atoms with Crippen LogP contribution in [-0.4, -0.2) is 31.1 Å². The molecule has 14 heavy (non-hydrogen) atoms. The van der Waals surface area contributed by atoms with Crippen molar-refractivity contribution in [2.24, 2.45) is 0 Å². The molecular weight excluding hydrogens is 264 g/mol. The summed E-state index contributed by atoms with van der Waals surface area (Å²) >= 11 is 0. The molecule has 0 aromatic carbocycles. The van der Waals surface area contributed by atoms with Gasteiger partial charge in [0, 0.05) is 0 Å². The Labute approximate surface area is 118 Å². The summed E-state index contributed by atoms with van der Waals surface area (Å²) in [4.78, 5) is 0. The molecule has 0 aliphatic rings. The fourth-order valence-electron chi connectivity index (χ4n) is 1.05. The molecule has 0 N–H and O–H groups in total. The third-order valence-corrected chi connectivity index (χ3v) is 2.81. The molecule has 0 bridgehead atoms. The van der Waals surface area contributed by atoms with E-state index >= 15 is 0 Å². The minimum absolute atomic E-state index is 0. The molecule has 0 rings (SSSR count). The second-order valence-corrected chi connectivity index (χ2v) is 9.24. The third-order valence-electron chi connectivity index (χ3n) is 1.74. The standard InChI is InChI=1S/C11H23Si.BrH.Mg/c1-5-6-7-8-9-10-11-12(2,3)4;;/h10H,5-9H2,1-4H3;1H;/q-1;;+2/p-1. The van der Waals surface area contributed by atoms with E-state index in [0.29, 0.717) is 0 Å². The van der Waals surface area contributed by atoms with Crippen LogP contribution in [0.15, 0.2) is 6.08 Å². The van der Waals surface area contributed by atoms with E-state index in [1.165, 1.54) is 32.1 Å². The summed E-state index contributed by atoms with van der Waals surface area (Å²) in [5, 5.41) is 0. The van der Waals surface area contributed by atoms with Crippen molar-refractivity contribution in [1.82, 2.24) is 0 Å². The SMILES string of the molecule is CCCCCCC=[C-][Si](C)(C)C.[Br-].[Mg+2]. The molecule has 0 aromatic heterocycles. The maximum Gasteiger partial charge on any atom is 2.00 e. The maximum absolute atomic E-state index is 3.51. The minimum Gasteiger partial charge on any atom is -1.00 e. The first-order valence-corrected chi connectivity index (χ1v) is 8.65. The van der Waals surface area contributed by atoms with Crippen LogP contribution in [0.25, 0.3) is 0 Å². The average Bonchev–Trinajstić information content (AvgIpc) is 1.94. The number of hydrogen-bond acceptors (Lipinski definition) is 0. The topological polar surface area (TPSA) is 0 Å². The van der Waals surface area contributed by atoms with Gasteiger partial charge >= 0.3 is 23.1 Å². The average molecular weight is 288 g/mol. The molecule has 0 aliphatic heterocycles. The van der Waals surface area contributed by atoms with Gasteiger partial charge in [0.15, 0.2) is 0 Å². The number of rotatable bonds is 6. The summed E-state index contributed by atoms with van der Waals surface area (Å²) in [6.45, 7) is 9.24. The van der Waals surface area contributed by atoms with Crippen LogP contribution in [0.1, 0.15) is 39.0 Å². The van der Waals surface area contributed by atoms with Crippen molar-refractivity contribution in [3.05, 3.63) is 11.8 Å². The van der Waals surface area contributed by atoms with Gasteiger partial charge in [0.1, 0.15) is 0 Å². The fourth-order valence-corrected chi connectivity index (χ4v) is 1.81. The first-order chi connectivity index (χ1) is 5.56. The summed E-state index contributed by atoms with van der Waals surface area (Å²) in [5.41, 5.74) is 3.51.